The number of hydrogen-bond acceptors (Lipinski definition) is 2. The first-order valence-electron chi connectivity index (χ1n) is 6.44. The zero-order chi connectivity index (χ0) is 13.1. The van der Waals surface area contributed by atoms with Crippen molar-refractivity contribution in [1.29, 1.82) is 0 Å². The molecule has 0 aliphatic carbocycles. The second-order valence-electron chi connectivity index (χ2n) is 4.78. The van der Waals surface area contributed by atoms with E-state index in [0.29, 0.717) is 0 Å². The van der Waals surface area contributed by atoms with Gasteiger partial charge in [0, 0.05) is 10.7 Å². The average molecular weight is 261 g/mol. The Morgan fingerprint density at radius 1 is 1.33 bits per heavy atom. The predicted octanol–water partition coefficient (Wildman–Crippen LogP) is 3.99. The van der Waals surface area contributed by atoms with Crippen LogP contribution in [0, 0.1) is 0 Å². The molecule has 96 valence electrons. The highest BCUT2D eigenvalue weighted by molar-refractivity contribution is 7.21. The van der Waals surface area contributed by atoms with Gasteiger partial charge in [0.15, 0.2) is 0 Å². The predicted molar refractivity (Wildman–Crippen MR) is 78.4 cm³/mol. The number of hydrogen-bond donors (Lipinski definition) is 1. The maximum Gasteiger partial charge on any atom is 0.261 e. The van der Waals surface area contributed by atoms with Gasteiger partial charge in [0.2, 0.25) is 0 Å². The van der Waals surface area contributed by atoms with Crippen molar-refractivity contribution in [2.45, 2.75) is 39.7 Å². The molecule has 3 heteroatoms. The lowest BCUT2D eigenvalue weighted by atomic mass is 10.1. The Morgan fingerprint density at radius 3 is 2.72 bits per heavy atom. The Morgan fingerprint density at radius 2 is 2.06 bits per heavy atom. The van der Waals surface area contributed by atoms with Crippen LogP contribution >= 0.6 is 11.3 Å². The van der Waals surface area contributed by atoms with Crippen molar-refractivity contribution in [3.05, 3.63) is 34.7 Å². The number of aryl methyl sites for hydroxylation is 1. The largest absolute Gasteiger partial charge is 0.349 e. The zero-order valence-electron chi connectivity index (χ0n) is 11.1. The highest BCUT2D eigenvalue weighted by atomic mass is 32.1. The number of benzene rings is 1. The normalized spacial score (nSPS) is 11.1. The van der Waals surface area contributed by atoms with Crippen LogP contribution in [0.1, 0.15) is 42.4 Å². The van der Waals surface area contributed by atoms with Gasteiger partial charge in [-0.15, -0.1) is 11.3 Å². The van der Waals surface area contributed by atoms with Gasteiger partial charge in [-0.25, -0.2) is 0 Å². The van der Waals surface area contributed by atoms with Crippen LogP contribution in [-0.2, 0) is 6.42 Å². The van der Waals surface area contributed by atoms with Crippen LogP contribution in [-0.4, -0.2) is 11.9 Å². The molecule has 0 unspecified atom stereocenters. The molecule has 0 aliphatic rings. The van der Waals surface area contributed by atoms with Crippen molar-refractivity contribution in [2.75, 3.05) is 0 Å². The van der Waals surface area contributed by atoms with E-state index in [-0.39, 0.29) is 11.9 Å². The third-order valence-corrected chi connectivity index (χ3v) is 4.04. The Kier molecular flexibility index (Phi) is 4.02. The minimum absolute atomic E-state index is 0.0645. The minimum atomic E-state index is 0.0645. The third-order valence-electron chi connectivity index (χ3n) is 2.82. The summed E-state index contributed by atoms with van der Waals surface area (Å²) in [5, 5.41) is 4.22. The van der Waals surface area contributed by atoms with E-state index < -0.39 is 0 Å². The molecule has 1 N–H and O–H groups in total. The third kappa shape index (κ3) is 2.56. The van der Waals surface area contributed by atoms with E-state index in [1.54, 1.807) is 11.3 Å². The molecular formula is C15H19NOS. The molecule has 1 amide bonds. The molecule has 0 saturated heterocycles. The summed E-state index contributed by atoms with van der Waals surface area (Å²) in [6.07, 6.45) is 2.02. The molecule has 1 aromatic carbocycles. The van der Waals surface area contributed by atoms with Crippen LogP contribution in [0.4, 0.5) is 0 Å². The van der Waals surface area contributed by atoms with Crippen LogP contribution in [0.5, 0.6) is 0 Å². The lowest BCUT2D eigenvalue weighted by molar-refractivity contribution is 0.0946. The van der Waals surface area contributed by atoms with Gasteiger partial charge >= 0.3 is 0 Å². The smallest absolute Gasteiger partial charge is 0.261 e. The molecule has 2 rings (SSSR count). The fourth-order valence-corrected chi connectivity index (χ4v) is 3.26. The maximum absolute atomic E-state index is 12.2. The first kappa shape index (κ1) is 13.1. The number of carbonyl (C=O) groups is 1. The summed E-state index contributed by atoms with van der Waals surface area (Å²) in [4.78, 5) is 13.1. The number of rotatable bonds is 4. The molecule has 18 heavy (non-hydrogen) atoms. The summed E-state index contributed by atoms with van der Waals surface area (Å²) < 4.78 is 1.20. The van der Waals surface area contributed by atoms with E-state index in [9.17, 15) is 4.79 Å². The summed E-state index contributed by atoms with van der Waals surface area (Å²) in [5.74, 6) is 0.0645. The highest BCUT2D eigenvalue weighted by Crippen LogP contribution is 2.32. The van der Waals surface area contributed by atoms with Crippen LogP contribution in [0.2, 0.25) is 0 Å². The average Bonchev–Trinajstić information content (AvgIpc) is 2.68. The summed E-state index contributed by atoms with van der Waals surface area (Å²) >= 11 is 1.60. The Balaban J connectivity index is 2.48. The number of nitrogens with one attached hydrogen (secondary N) is 1. The van der Waals surface area contributed by atoms with Gasteiger partial charge in [0.05, 0.1) is 4.88 Å². The van der Waals surface area contributed by atoms with Gasteiger partial charge in [-0.05, 0) is 37.3 Å². The van der Waals surface area contributed by atoms with Crippen molar-refractivity contribution in [2.24, 2.45) is 0 Å². The molecule has 0 fully saturated rings. The lowest BCUT2D eigenvalue weighted by Crippen LogP contribution is -2.30. The minimum Gasteiger partial charge on any atom is -0.349 e. The fourth-order valence-electron chi connectivity index (χ4n) is 2.11. The van der Waals surface area contributed by atoms with E-state index in [2.05, 4.69) is 24.4 Å². The molecular weight excluding hydrogens is 242 g/mol. The molecule has 2 aromatic rings. The SMILES string of the molecule is CCCc1c(C(=O)NC(C)C)sc2ccccc12. The zero-order valence-corrected chi connectivity index (χ0v) is 11.9. The number of fused-ring (bicyclic) bond motifs is 1. The van der Waals surface area contributed by atoms with E-state index in [4.69, 9.17) is 0 Å². The molecule has 0 bridgehead atoms. The second-order valence-corrected chi connectivity index (χ2v) is 5.84. The maximum atomic E-state index is 12.2. The van der Waals surface area contributed by atoms with Crippen molar-refractivity contribution >= 4 is 27.3 Å². The Labute approximate surface area is 112 Å². The van der Waals surface area contributed by atoms with Gasteiger partial charge in [0.25, 0.3) is 5.91 Å². The van der Waals surface area contributed by atoms with Crippen LogP contribution in [0.15, 0.2) is 24.3 Å². The van der Waals surface area contributed by atoms with Crippen molar-refractivity contribution in [3.8, 4) is 0 Å². The Hall–Kier alpha value is -1.35. The van der Waals surface area contributed by atoms with Gasteiger partial charge in [-0.3, -0.25) is 4.79 Å². The number of carbonyl (C=O) groups excluding carboxylic acids is 1. The molecule has 0 atom stereocenters. The van der Waals surface area contributed by atoms with E-state index in [1.807, 2.05) is 26.0 Å². The topological polar surface area (TPSA) is 29.1 Å². The highest BCUT2D eigenvalue weighted by Gasteiger charge is 2.17. The molecule has 1 aromatic heterocycles. The Bertz CT molecular complexity index is 557. The quantitative estimate of drug-likeness (QED) is 0.885. The van der Waals surface area contributed by atoms with Gasteiger partial charge in [0.1, 0.15) is 0 Å². The van der Waals surface area contributed by atoms with E-state index in [0.717, 1.165) is 17.7 Å². The van der Waals surface area contributed by atoms with Gasteiger partial charge < -0.3 is 5.32 Å². The molecule has 0 aliphatic heterocycles. The van der Waals surface area contributed by atoms with Crippen LogP contribution < -0.4 is 5.32 Å². The van der Waals surface area contributed by atoms with Crippen molar-refractivity contribution < 1.29 is 4.79 Å². The van der Waals surface area contributed by atoms with Crippen molar-refractivity contribution in [1.82, 2.24) is 5.32 Å². The van der Waals surface area contributed by atoms with Crippen LogP contribution in [0.25, 0.3) is 10.1 Å². The first-order chi connectivity index (χ1) is 8.63. The second kappa shape index (κ2) is 5.53. The summed E-state index contributed by atoms with van der Waals surface area (Å²) in [5.41, 5.74) is 1.20. The molecule has 0 spiro atoms. The summed E-state index contributed by atoms with van der Waals surface area (Å²) in [6, 6.07) is 8.45. The summed E-state index contributed by atoms with van der Waals surface area (Å²) in [6.45, 7) is 6.13. The van der Waals surface area contributed by atoms with Crippen molar-refractivity contribution in [3.63, 3.8) is 0 Å². The molecule has 2 nitrogen and oxygen atoms in total. The molecule has 0 saturated carbocycles. The lowest BCUT2D eigenvalue weighted by Gasteiger charge is -2.08. The molecule has 0 radical (unpaired) electrons. The van der Waals surface area contributed by atoms with Crippen LogP contribution in [0.3, 0.4) is 0 Å². The van der Waals surface area contributed by atoms with E-state index >= 15 is 0 Å². The fraction of sp³-hybridized carbons (Fsp3) is 0.400. The number of amides is 1. The monoisotopic (exact) mass is 261 g/mol. The standard InChI is InChI=1S/C15H19NOS/c1-4-7-12-11-8-5-6-9-13(11)18-14(12)15(17)16-10(2)3/h5-6,8-10H,4,7H2,1-3H3,(H,16,17). The first-order valence-corrected chi connectivity index (χ1v) is 7.26. The molecule has 1 heterocycles. The summed E-state index contributed by atoms with van der Waals surface area (Å²) in [7, 11) is 0. The van der Waals surface area contributed by atoms with Gasteiger partial charge in [-0.2, -0.15) is 0 Å². The number of thiophene rings is 1. The van der Waals surface area contributed by atoms with E-state index in [1.165, 1.54) is 15.6 Å². The van der Waals surface area contributed by atoms with Gasteiger partial charge in [-0.1, -0.05) is 31.5 Å².